The van der Waals surface area contributed by atoms with Crippen LogP contribution in [0.25, 0.3) is 0 Å². The molecule has 0 amide bonds. The van der Waals surface area contributed by atoms with Gasteiger partial charge in [0, 0.05) is 19.0 Å². The molecule has 5 heteroatoms. The molecule has 68 valence electrons. The fourth-order valence-electron chi connectivity index (χ4n) is 0.901. The number of H-pyrrole nitrogens is 1. The predicted molar refractivity (Wildman–Crippen MR) is 47.6 cm³/mol. The highest BCUT2D eigenvalue weighted by Crippen LogP contribution is 1.92. The Hall–Kier alpha value is -1.10. The van der Waals surface area contributed by atoms with Crippen LogP contribution < -0.4 is 11.1 Å². The molecule has 0 aliphatic rings. The highest BCUT2D eigenvalue weighted by molar-refractivity contribution is 5.12. The largest absolute Gasteiger partial charge is 0.367 e. The Kier molecular flexibility index (Phi) is 3.04. The minimum absolute atomic E-state index is 0.314. The molecule has 12 heavy (non-hydrogen) atoms. The Morgan fingerprint density at radius 3 is 2.83 bits per heavy atom. The van der Waals surface area contributed by atoms with E-state index in [-0.39, 0.29) is 0 Å². The van der Waals surface area contributed by atoms with E-state index in [9.17, 15) is 0 Å². The summed E-state index contributed by atoms with van der Waals surface area (Å²) in [5.74, 6) is 1.15. The SMILES string of the molecule is CC(C)NCCc1nc(N)n[nH]1. The summed E-state index contributed by atoms with van der Waals surface area (Å²) >= 11 is 0. The van der Waals surface area contributed by atoms with Crippen molar-refractivity contribution in [2.45, 2.75) is 26.3 Å². The normalized spacial score (nSPS) is 10.9. The quantitative estimate of drug-likeness (QED) is 0.589. The average Bonchev–Trinajstić information content (AvgIpc) is 2.35. The first-order valence-corrected chi connectivity index (χ1v) is 4.08. The van der Waals surface area contributed by atoms with Crippen LogP contribution >= 0.6 is 0 Å². The highest BCUT2D eigenvalue weighted by Gasteiger charge is 1.98. The molecular weight excluding hydrogens is 154 g/mol. The molecule has 0 saturated carbocycles. The molecule has 4 N–H and O–H groups in total. The lowest BCUT2D eigenvalue weighted by atomic mass is 10.3. The second-order valence-corrected chi connectivity index (χ2v) is 3.00. The summed E-state index contributed by atoms with van der Waals surface area (Å²) in [6, 6.07) is 0.505. The number of anilines is 1. The monoisotopic (exact) mass is 169 g/mol. The number of aromatic amines is 1. The number of nitrogens with two attached hydrogens (primary N) is 1. The highest BCUT2D eigenvalue weighted by atomic mass is 15.3. The molecule has 0 saturated heterocycles. The third kappa shape index (κ3) is 2.87. The van der Waals surface area contributed by atoms with Crippen LogP contribution in [0.15, 0.2) is 0 Å². The van der Waals surface area contributed by atoms with Gasteiger partial charge in [0.2, 0.25) is 5.95 Å². The molecule has 0 aliphatic carbocycles. The van der Waals surface area contributed by atoms with Crippen molar-refractivity contribution in [3.8, 4) is 0 Å². The lowest BCUT2D eigenvalue weighted by Crippen LogP contribution is -2.25. The lowest BCUT2D eigenvalue weighted by Gasteiger charge is -2.05. The summed E-state index contributed by atoms with van der Waals surface area (Å²) in [6.07, 6.45) is 0.836. The van der Waals surface area contributed by atoms with Gasteiger partial charge in [0.25, 0.3) is 0 Å². The number of hydrogen-bond donors (Lipinski definition) is 3. The zero-order valence-electron chi connectivity index (χ0n) is 7.46. The maximum absolute atomic E-state index is 5.34. The van der Waals surface area contributed by atoms with Crippen molar-refractivity contribution >= 4 is 5.95 Å². The molecule has 1 rings (SSSR count). The van der Waals surface area contributed by atoms with Gasteiger partial charge in [-0.25, -0.2) is 0 Å². The van der Waals surface area contributed by atoms with Crippen molar-refractivity contribution in [2.75, 3.05) is 12.3 Å². The van der Waals surface area contributed by atoms with E-state index >= 15 is 0 Å². The molecule has 0 fully saturated rings. The zero-order valence-corrected chi connectivity index (χ0v) is 7.46. The number of hydrogen-bond acceptors (Lipinski definition) is 4. The Bertz CT molecular complexity index is 229. The van der Waals surface area contributed by atoms with E-state index in [0.29, 0.717) is 12.0 Å². The Labute approximate surface area is 71.8 Å². The van der Waals surface area contributed by atoms with Gasteiger partial charge in [-0.15, -0.1) is 5.10 Å². The number of nitrogens with zero attached hydrogens (tertiary/aromatic N) is 2. The number of rotatable bonds is 4. The number of nitrogens with one attached hydrogen (secondary N) is 2. The standard InChI is InChI=1S/C7H15N5/c1-5(2)9-4-3-6-10-7(8)12-11-6/h5,9H,3-4H2,1-2H3,(H3,8,10,11,12). The summed E-state index contributed by atoms with van der Waals surface area (Å²) < 4.78 is 0. The van der Waals surface area contributed by atoms with Crippen LogP contribution in [0.2, 0.25) is 0 Å². The molecule has 0 bridgehead atoms. The van der Waals surface area contributed by atoms with Crippen LogP contribution in [0, 0.1) is 0 Å². The van der Waals surface area contributed by atoms with Crippen molar-refractivity contribution in [2.24, 2.45) is 0 Å². The van der Waals surface area contributed by atoms with Gasteiger partial charge >= 0.3 is 0 Å². The van der Waals surface area contributed by atoms with Crippen LogP contribution in [0.3, 0.4) is 0 Å². The molecule has 0 aromatic carbocycles. The van der Waals surface area contributed by atoms with E-state index in [1.54, 1.807) is 0 Å². The minimum Gasteiger partial charge on any atom is -0.367 e. The van der Waals surface area contributed by atoms with Gasteiger partial charge in [0.1, 0.15) is 5.82 Å². The molecule has 5 nitrogen and oxygen atoms in total. The maximum Gasteiger partial charge on any atom is 0.239 e. The van der Waals surface area contributed by atoms with E-state index in [0.717, 1.165) is 18.8 Å². The van der Waals surface area contributed by atoms with Crippen LogP contribution in [0.1, 0.15) is 19.7 Å². The summed E-state index contributed by atoms with van der Waals surface area (Å²) in [5.41, 5.74) is 5.34. The predicted octanol–water partition coefficient (Wildman–Crippen LogP) is -0.0726. The fraction of sp³-hybridized carbons (Fsp3) is 0.714. The third-order valence-corrected chi connectivity index (χ3v) is 1.46. The molecule has 1 aromatic rings. The van der Waals surface area contributed by atoms with Gasteiger partial charge in [0.05, 0.1) is 0 Å². The molecule has 1 aromatic heterocycles. The Morgan fingerprint density at radius 1 is 1.58 bits per heavy atom. The summed E-state index contributed by atoms with van der Waals surface area (Å²) in [5, 5.41) is 9.76. The lowest BCUT2D eigenvalue weighted by molar-refractivity contribution is 0.583. The van der Waals surface area contributed by atoms with Gasteiger partial charge in [-0.2, -0.15) is 4.98 Å². The smallest absolute Gasteiger partial charge is 0.239 e. The second kappa shape index (κ2) is 4.06. The number of nitrogen functional groups attached to an aromatic ring is 1. The third-order valence-electron chi connectivity index (χ3n) is 1.46. The average molecular weight is 169 g/mol. The second-order valence-electron chi connectivity index (χ2n) is 3.00. The van der Waals surface area contributed by atoms with Gasteiger partial charge in [-0.05, 0) is 0 Å². The van der Waals surface area contributed by atoms with Crippen molar-refractivity contribution in [3.63, 3.8) is 0 Å². The van der Waals surface area contributed by atoms with E-state index in [4.69, 9.17) is 5.73 Å². The van der Waals surface area contributed by atoms with Crippen molar-refractivity contribution in [1.82, 2.24) is 20.5 Å². The van der Waals surface area contributed by atoms with Crippen LogP contribution in [0.5, 0.6) is 0 Å². The Morgan fingerprint density at radius 2 is 2.33 bits per heavy atom. The molecule has 0 spiro atoms. The number of aromatic nitrogens is 3. The molecule has 0 atom stereocenters. The van der Waals surface area contributed by atoms with Crippen LogP contribution in [-0.2, 0) is 6.42 Å². The van der Waals surface area contributed by atoms with Crippen LogP contribution in [0.4, 0.5) is 5.95 Å². The van der Waals surface area contributed by atoms with Crippen molar-refractivity contribution in [3.05, 3.63) is 5.82 Å². The van der Waals surface area contributed by atoms with E-state index in [2.05, 4.69) is 34.3 Å². The van der Waals surface area contributed by atoms with Gasteiger partial charge in [-0.1, -0.05) is 13.8 Å². The summed E-state index contributed by atoms with van der Waals surface area (Å²) in [7, 11) is 0. The molecule has 0 unspecified atom stereocenters. The fourth-order valence-corrected chi connectivity index (χ4v) is 0.901. The van der Waals surface area contributed by atoms with E-state index in [1.807, 2.05) is 0 Å². The van der Waals surface area contributed by atoms with Crippen molar-refractivity contribution in [1.29, 1.82) is 0 Å². The minimum atomic E-state index is 0.314. The first-order valence-electron chi connectivity index (χ1n) is 4.08. The Balaban J connectivity index is 2.24. The topological polar surface area (TPSA) is 79.6 Å². The molecule has 1 heterocycles. The van der Waals surface area contributed by atoms with E-state index < -0.39 is 0 Å². The van der Waals surface area contributed by atoms with Gasteiger partial charge in [0.15, 0.2) is 0 Å². The molecule has 0 aliphatic heterocycles. The van der Waals surface area contributed by atoms with Gasteiger partial charge < -0.3 is 11.1 Å². The van der Waals surface area contributed by atoms with E-state index in [1.165, 1.54) is 0 Å². The summed E-state index contributed by atoms with van der Waals surface area (Å²) in [4.78, 5) is 3.98. The molecular formula is C7H15N5. The molecule has 0 radical (unpaired) electrons. The zero-order chi connectivity index (χ0) is 8.97. The summed E-state index contributed by atoms with van der Waals surface area (Å²) in [6.45, 7) is 5.11. The van der Waals surface area contributed by atoms with Gasteiger partial charge in [-0.3, -0.25) is 5.10 Å². The van der Waals surface area contributed by atoms with Crippen LogP contribution in [-0.4, -0.2) is 27.8 Å². The maximum atomic E-state index is 5.34. The first-order chi connectivity index (χ1) is 5.68. The van der Waals surface area contributed by atoms with Crippen molar-refractivity contribution < 1.29 is 0 Å². The first kappa shape index (κ1) is 8.99.